The van der Waals surface area contributed by atoms with Crippen LogP contribution in [0.4, 0.5) is 4.39 Å². The van der Waals surface area contributed by atoms with Gasteiger partial charge >= 0.3 is 0 Å². The molecule has 0 radical (unpaired) electrons. The van der Waals surface area contributed by atoms with Gasteiger partial charge in [-0.05, 0) is 19.3 Å². The van der Waals surface area contributed by atoms with Crippen molar-refractivity contribution < 1.29 is 9.50 Å². The zero-order valence-electron chi connectivity index (χ0n) is 6.39. The Morgan fingerprint density at radius 3 is 2.50 bits per heavy atom. The van der Waals surface area contributed by atoms with E-state index in [1.165, 1.54) is 13.3 Å². The van der Waals surface area contributed by atoms with Crippen molar-refractivity contribution in [3.63, 3.8) is 0 Å². The molecule has 2 unspecified atom stereocenters. The van der Waals surface area contributed by atoms with Gasteiger partial charge in [0.25, 0.3) is 0 Å². The zero-order chi connectivity index (χ0) is 7.56. The van der Waals surface area contributed by atoms with Crippen LogP contribution in [0.5, 0.6) is 0 Å². The van der Waals surface area contributed by atoms with E-state index in [9.17, 15) is 4.39 Å². The SMILES string of the molecule is CC(O)C(F)CC1CCC1. The van der Waals surface area contributed by atoms with E-state index >= 15 is 0 Å². The van der Waals surface area contributed by atoms with Crippen LogP contribution < -0.4 is 0 Å². The maximum absolute atomic E-state index is 12.7. The highest BCUT2D eigenvalue weighted by Crippen LogP contribution is 2.31. The molecule has 0 heterocycles. The number of hydrogen-bond donors (Lipinski definition) is 1. The first-order valence-corrected chi connectivity index (χ1v) is 4.02. The summed E-state index contributed by atoms with van der Waals surface area (Å²) in [7, 11) is 0. The van der Waals surface area contributed by atoms with Crippen LogP contribution in [0.1, 0.15) is 32.6 Å². The standard InChI is InChI=1S/C8H15FO/c1-6(10)8(9)5-7-3-2-4-7/h6-8,10H,2-5H2,1H3. The van der Waals surface area contributed by atoms with Crippen LogP contribution >= 0.6 is 0 Å². The van der Waals surface area contributed by atoms with Crippen molar-refractivity contribution in [2.45, 2.75) is 44.9 Å². The summed E-state index contributed by atoms with van der Waals surface area (Å²) in [5.74, 6) is 0.560. The molecule has 1 saturated carbocycles. The van der Waals surface area contributed by atoms with E-state index < -0.39 is 12.3 Å². The number of halogens is 1. The Balaban J connectivity index is 2.10. The predicted molar refractivity (Wildman–Crippen MR) is 38.5 cm³/mol. The quantitative estimate of drug-likeness (QED) is 0.644. The van der Waals surface area contributed by atoms with E-state index in [1.54, 1.807) is 0 Å². The molecule has 0 saturated heterocycles. The van der Waals surface area contributed by atoms with Crippen LogP contribution in [-0.4, -0.2) is 17.4 Å². The molecule has 60 valence electrons. The van der Waals surface area contributed by atoms with Crippen LogP contribution in [0, 0.1) is 5.92 Å². The predicted octanol–water partition coefficient (Wildman–Crippen LogP) is 1.90. The molecular formula is C8H15FO. The van der Waals surface area contributed by atoms with E-state index in [-0.39, 0.29) is 0 Å². The van der Waals surface area contributed by atoms with Gasteiger partial charge in [-0.3, -0.25) is 0 Å². The van der Waals surface area contributed by atoms with Crippen LogP contribution in [0.3, 0.4) is 0 Å². The highest BCUT2D eigenvalue weighted by atomic mass is 19.1. The third-order valence-electron chi connectivity index (χ3n) is 2.31. The van der Waals surface area contributed by atoms with Gasteiger partial charge in [0.05, 0.1) is 6.10 Å². The van der Waals surface area contributed by atoms with Crippen molar-refractivity contribution >= 4 is 0 Å². The summed E-state index contributed by atoms with van der Waals surface area (Å²) in [6.07, 6.45) is 2.36. The molecule has 1 aliphatic carbocycles. The molecule has 2 atom stereocenters. The fourth-order valence-corrected chi connectivity index (χ4v) is 1.24. The Morgan fingerprint density at radius 1 is 1.60 bits per heavy atom. The Bertz CT molecular complexity index is 99.4. The van der Waals surface area contributed by atoms with Crippen LogP contribution in [-0.2, 0) is 0 Å². The first-order chi connectivity index (χ1) is 4.70. The maximum Gasteiger partial charge on any atom is 0.126 e. The van der Waals surface area contributed by atoms with E-state index in [1.807, 2.05) is 0 Å². The lowest BCUT2D eigenvalue weighted by Crippen LogP contribution is -2.24. The Labute approximate surface area is 61.2 Å². The number of aliphatic hydroxyl groups is 1. The summed E-state index contributed by atoms with van der Waals surface area (Å²) in [4.78, 5) is 0. The van der Waals surface area contributed by atoms with Gasteiger partial charge < -0.3 is 5.11 Å². The van der Waals surface area contributed by atoms with Gasteiger partial charge in [-0.2, -0.15) is 0 Å². The minimum absolute atomic E-state index is 0.560. The molecule has 2 heteroatoms. The van der Waals surface area contributed by atoms with Gasteiger partial charge in [-0.25, -0.2) is 4.39 Å². The van der Waals surface area contributed by atoms with E-state index in [4.69, 9.17) is 5.11 Å². The molecule has 1 rings (SSSR count). The third kappa shape index (κ3) is 1.94. The first kappa shape index (κ1) is 7.99. The van der Waals surface area contributed by atoms with Crippen molar-refractivity contribution in [3.05, 3.63) is 0 Å². The average Bonchev–Trinajstić information content (AvgIpc) is 1.77. The number of rotatable bonds is 3. The molecule has 10 heavy (non-hydrogen) atoms. The minimum Gasteiger partial charge on any atom is -0.390 e. The molecule has 0 amide bonds. The summed E-state index contributed by atoms with van der Waals surface area (Å²) in [6.45, 7) is 1.52. The molecule has 1 fully saturated rings. The van der Waals surface area contributed by atoms with Crippen molar-refractivity contribution in [3.8, 4) is 0 Å². The van der Waals surface area contributed by atoms with E-state index in [0.29, 0.717) is 12.3 Å². The van der Waals surface area contributed by atoms with Crippen molar-refractivity contribution in [2.24, 2.45) is 5.92 Å². The highest BCUT2D eigenvalue weighted by Gasteiger charge is 2.23. The Hall–Kier alpha value is -0.110. The zero-order valence-corrected chi connectivity index (χ0v) is 6.39. The summed E-state index contributed by atoms with van der Waals surface area (Å²) in [5.41, 5.74) is 0. The lowest BCUT2D eigenvalue weighted by atomic mass is 9.81. The second kappa shape index (κ2) is 3.33. The molecular weight excluding hydrogens is 131 g/mol. The summed E-state index contributed by atoms with van der Waals surface area (Å²) >= 11 is 0. The Kier molecular flexibility index (Phi) is 2.66. The molecule has 1 aliphatic rings. The van der Waals surface area contributed by atoms with Gasteiger partial charge in [0, 0.05) is 0 Å². The second-order valence-corrected chi connectivity index (χ2v) is 3.29. The molecule has 1 nitrogen and oxygen atoms in total. The lowest BCUT2D eigenvalue weighted by Gasteiger charge is -2.27. The number of aliphatic hydroxyl groups excluding tert-OH is 1. The van der Waals surface area contributed by atoms with Crippen molar-refractivity contribution in [1.82, 2.24) is 0 Å². The molecule has 0 aromatic heterocycles. The fourth-order valence-electron chi connectivity index (χ4n) is 1.24. The van der Waals surface area contributed by atoms with Crippen LogP contribution in [0.25, 0.3) is 0 Å². The molecule has 0 spiro atoms. The molecule has 1 N–H and O–H groups in total. The maximum atomic E-state index is 12.7. The van der Waals surface area contributed by atoms with Gasteiger partial charge in [0.1, 0.15) is 6.17 Å². The number of hydrogen-bond acceptors (Lipinski definition) is 1. The largest absolute Gasteiger partial charge is 0.390 e. The van der Waals surface area contributed by atoms with Crippen LogP contribution in [0.2, 0.25) is 0 Å². The van der Waals surface area contributed by atoms with Gasteiger partial charge in [0.15, 0.2) is 0 Å². The highest BCUT2D eigenvalue weighted by molar-refractivity contribution is 4.75. The van der Waals surface area contributed by atoms with Gasteiger partial charge in [-0.1, -0.05) is 19.3 Å². The second-order valence-electron chi connectivity index (χ2n) is 3.29. The lowest BCUT2D eigenvalue weighted by molar-refractivity contribution is 0.0654. The fraction of sp³-hybridized carbons (Fsp3) is 1.00. The summed E-state index contributed by atoms with van der Waals surface area (Å²) in [5, 5.41) is 8.81. The van der Waals surface area contributed by atoms with E-state index in [0.717, 1.165) is 12.8 Å². The number of alkyl halides is 1. The van der Waals surface area contributed by atoms with Gasteiger partial charge in [-0.15, -0.1) is 0 Å². The monoisotopic (exact) mass is 146 g/mol. The topological polar surface area (TPSA) is 20.2 Å². The first-order valence-electron chi connectivity index (χ1n) is 4.02. The molecule has 0 aromatic carbocycles. The smallest absolute Gasteiger partial charge is 0.126 e. The molecule has 0 aromatic rings. The summed E-state index contributed by atoms with van der Waals surface area (Å²) in [6, 6.07) is 0. The third-order valence-corrected chi connectivity index (χ3v) is 2.31. The van der Waals surface area contributed by atoms with Crippen molar-refractivity contribution in [2.75, 3.05) is 0 Å². The van der Waals surface area contributed by atoms with Gasteiger partial charge in [0.2, 0.25) is 0 Å². The van der Waals surface area contributed by atoms with Crippen LogP contribution in [0.15, 0.2) is 0 Å². The van der Waals surface area contributed by atoms with Crippen molar-refractivity contribution in [1.29, 1.82) is 0 Å². The average molecular weight is 146 g/mol. The minimum atomic E-state index is -0.995. The van der Waals surface area contributed by atoms with E-state index in [2.05, 4.69) is 0 Å². The summed E-state index contributed by atoms with van der Waals surface area (Å²) < 4.78 is 12.7. The molecule has 0 aliphatic heterocycles. The normalized spacial score (nSPS) is 25.5. The molecule has 0 bridgehead atoms. The Morgan fingerprint density at radius 2 is 2.20 bits per heavy atom.